The number of allylic oxidation sites excluding steroid dienone is 1. The topological polar surface area (TPSA) is 62.4 Å². The van der Waals surface area contributed by atoms with Gasteiger partial charge in [0.2, 0.25) is 0 Å². The maximum absolute atomic E-state index is 12.4. The van der Waals surface area contributed by atoms with E-state index in [1.165, 1.54) is 11.8 Å². The predicted octanol–water partition coefficient (Wildman–Crippen LogP) is 4.18. The molecule has 2 atom stereocenters. The van der Waals surface area contributed by atoms with Crippen LogP contribution in [0.4, 0.5) is 0 Å². The minimum Gasteiger partial charge on any atom is -0.465 e. The lowest BCUT2D eigenvalue weighted by Crippen LogP contribution is -2.34. The lowest BCUT2D eigenvalue weighted by Gasteiger charge is -2.30. The van der Waals surface area contributed by atoms with Crippen LogP contribution in [0.25, 0.3) is 0 Å². The number of nitrogens with zero attached hydrogens (tertiary/aromatic N) is 2. The van der Waals surface area contributed by atoms with Crippen LogP contribution in [0.2, 0.25) is 5.02 Å². The summed E-state index contributed by atoms with van der Waals surface area (Å²) in [7, 11) is 0. The van der Waals surface area contributed by atoms with E-state index in [9.17, 15) is 10.1 Å². The summed E-state index contributed by atoms with van der Waals surface area (Å²) in [5.74, 6) is -1.36. The van der Waals surface area contributed by atoms with Crippen LogP contribution < -0.4 is 0 Å². The van der Waals surface area contributed by atoms with Crippen LogP contribution in [0.15, 0.2) is 39.9 Å². The normalized spacial score (nSPS) is 20.7. The molecule has 4 nitrogen and oxygen atoms in total. The summed E-state index contributed by atoms with van der Waals surface area (Å²) in [6.45, 7) is 3.85. The molecule has 2 rings (SSSR count). The van der Waals surface area contributed by atoms with Gasteiger partial charge < -0.3 is 4.74 Å². The number of aliphatic imine (C=N–C) groups is 1. The highest BCUT2D eigenvalue weighted by Crippen LogP contribution is 2.41. The van der Waals surface area contributed by atoms with Crippen LogP contribution in [-0.4, -0.2) is 24.5 Å². The molecule has 1 aromatic rings. The van der Waals surface area contributed by atoms with Gasteiger partial charge in [-0.3, -0.25) is 4.79 Å². The summed E-state index contributed by atoms with van der Waals surface area (Å²) in [6.07, 6.45) is 1.87. The Morgan fingerprint density at radius 1 is 1.43 bits per heavy atom. The molecule has 0 radical (unpaired) electrons. The number of halogens is 1. The first-order valence-corrected chi connectivity index (χ1v) is 8.79. The summed E-state index contributed by atoms with van der Waals surface area (Å²) in [5, 5.41) is 10.9. The van der Waals surface area contributed by atoms with Crippen molar-refractivity contribution in [2.45, 2.75) is 19.8 Å². The maximum atomic E-state index is 12.4. The number of benzene rings is 1. The number of carbonyl (C=O) groups excluding carboxylic acids is 1. The minimum absolute atomic E-state index is 0.289. The number of carbonyl (C=O) groups is 1. The fraction of sp³-hybridized carbons (Fsp3) is 0.353. The van der Waals surface area contributed by atoms with Crippen LogP contribution in [0.3, 0.4) is 0 Å². The van der Waals surface area contributed by atoms with Crippen molar-refractivity contribution in [3.05, 3.63) is 45.5 Å². The molecule has 1 heterocycles. The number of hydrogen-bond acceptors (Lipinski definition) is 5. The van der Waals surface area contributed by atoms with Crippen LogP contribution in [0, 0.1) is 17.2 Å². The van der Waals surface area contributed by atoms with Crippen LogP contribution in [0.5, 0.6) is 0 Å². The average Bonchev–Trinajstić information content (AvgIpc) is 2.54. The second-order valence-electron chi connectivity index (χ2n) is 5.05. The van der Waals surface area contributed by atoms with Crippen molar-refractivity contribution in [1.29, 1.82) is 5.26 Å². The van der Waals surface area contributed by atoms with Gasteiger partial charge in [-0.25, -0.2) is 4.99 Å². The lowest BCUT2D eigenvalue weighted by molar-refractivity contribution is -0.146. The molecule has 6 heteroatoms. The predicted molar refractivity (Wildman–Crippen MR) is 93.6 cm³/mol. The number of esters is 1. The molecule has 1 aliphatic rings. The molecule has 0 amide bonds. The van der Waals surface area contributed by atoms with E-state index in [1.807, 2.05) is 18.4 Å². The zero-order valence-corrected chi connectivity index (χ0v) is 14.7. The second-order valence-corrected chi connectivity index (χ2v) is 6.28. The van der Waals surface area contributed by atoms with Gasteiger partial charge in [0.05, 0.1) is 18.2 Å². The zero-order chi connectivity index (χ0) is 17.0. The van der Waals surface area contributed by atoms with Gasteiger partial charge >= 0.3 is 5.97 Å². The third-order valence-corrected chi connectivity index (χ3v) is 4.64. The molecule has 0 fully saturated rings. The SMILES string of the molecule is CCOC(=O)C1C(C)=NC(SC)=C(C#N)C1c1ccc(Cl)cc1. The zero-order valence-electron chi connectivity index (χ0n) is 13.2. The molecule has 1 aliphatic heterocycles. The number of ether oxygens (including phenoxy) is 1. The summed E-state index contributed by atoms with van der Waals surface area (Å²) in [6, 6.07) is 9.42. The van der Waals surface area contributed by atoms with Gasteiger partial charge in [-0.05, 0) is 37.8 Å². The van der Waals surface area contributed by atoms with Gasteiger partial charge in [0.25, 0.3) is 0 Å². The fourth-order valence-corrected chi connectivity index (χ4v) is 3.43. The number of hydrogen-bond donors (Lipinski definition) is 0. The molecule has 0 aromatic heterocycles. The standard InChI is InChI=1S/C17H17ClN2O2S/c1-4-22-17(21)14-10(2)20-16(23-3)13(9-19)15(14)11-5-7-12(18)8-6-11/h5-8,14-15H,4H2,1-3H3. The molecule has 23 heavy (non-hydrogen) atoms. The average molecular weight is 349 g/mol. The molecular weight excluding hydrogens is 332 g/mol. The summed E-state index contributed by atoms with van der Waals surface area (Å²) in [5.41, 5.74) is 2.00. The fourth-order valence-electron chi connectivity index (χ4n) is 2.67. The van der Waals surface area contributed by atoms with Crippen molar-refractivity contribution in [1.82, 2.24) is 0 Å². The van der Waals surface area contributed by atoms with Crippen molar-refractivity contribution < 1.29 is 9.53 Å². The molecule has 0 aliphatic carbocycles. The highest BCUT2D eigenvalue weighted by Gasteiger charge is 2.40. The minimum atomic E-state index is -0.596. The van der Waals surface area contributed by atoms with Gasteiger partial charge in [-0.15, -0.1) is 11.8 Å². The Balaban J connectivity index is 2.59. The summed E-state index contributed by atoms with van der Waals surface area (Å²) in [4.78, 5) is 16.9. The monoisotopic (exact) mass is 348 g/mol. The third-order valence-electron chi connectivity index (χ3n) is 3.69. The van der Waals surface area contributed by atoms with Gasteiger partial charge in [-0.2, -0.15) is 5.26 Å². The highest BCUT2D eigenvalue weighted by atomic mass is 35.5. The van der Waals surface area contributed by atoms with E-state index in [-0.39, 0.29) is 12.6 Å². The first-order valence-electron chi connectivity index (χ1n) is 7.19. The van der Waals surface area contributed by atoms with Crippen molar-refractivity contribution >= 4 is 35.0 Å². The van der Waals surface area contributed by atoms with Gasteiger partial charge in [0, 0.05) is 16.7 Å². The first kappa shape index (κ1) is 17.6. The molecular formula is C17H17ClN2O2S. The van der Waals surface area contributed by atoms with Gasteiger partial charge in [0.1, 0.15) is 10.9 Å². The smallest absolute Gasteiger partial charge is 0.315 e. The van der Waals surface area contributed by atoms with E-state index in [1.54, 1.807) is 26.0 Å². The maximum Gasteiger partial charge on any atom is 0.315 e. The third kappa shape index (κ3) is 3.60. The molecule has 0 spiro atoms. The Morgan fingerprint density at radius 2 is 2.09 bits per heavy atom. The molecule has 0 bridgehead atoms. The number of thioether (sulfide) groups is 1. The molecule has 0 saturated heterocycles. The molecule has 1 aromatic carbocycles. The molecule has 0 saturated carbocycles. The van der Waals surface area contributed by atoms with E-state index in [2.05, 4.69) is 11.1 Å². The van der Waals surface area contributed by atoms with E-state index in [0.29, 0.717) is 21.3 Å². The van der Waals surface area contributed by atoms with Crippen molar-refractivity contribution in [3.8, 4) is 6.07 Å². The summed E-state index contributed by atoms with van der Waals surface area (Å²) < 4.78 is 5.20. The largest absolute Gasteiger partial charge is 0.465 e. The van der Waals surface area contributed by atoms with E-state index in [4.69, 9.17) is 16.3 Å². The first-order chi connectivity index (χ1) is 11.0. The Hall–Kier alpha value is -1.77. The van der Waals surface area contributed by atoms with Crippen LogP contribution in [-0.2, 0) is 9.53 Å². The van der Waals surface area contributed by atoms with E-state index in [0.717, 1.165) is 5.56 Å². The lowest BCUT2D eigenvalue weighted by atomic mass is 9.77. The molecule has 120 valence electrons. The number of rotatable bonds is 4. The Kier molecular flexibility index (Phi) is 5.86. The van der Waals surface area contributed by atoms with E-state index < -0.39 is 11.8 Å². The van der Waals surface area contributed by atoms with E-state index >= 15 is 0 Å². The number of nitriles is 1. The second kappa shape index (κ2) is 7.67. The Labute approximate surface area is 145 Å². The van der Waals surface area contributed by atoms with Crippen molar-refractivity contribution in [2.24, 2.45) is 10.9 Å². The summed E-state index contributed by atoms with van der Waals surface area (Å²) >= 11 is 7.36. The Bertz CT molecular complexity index is 704. The quantitative estimate of drug-likeness (QED) is 0.766. The van der Waals surface area contributed by atoms with Crippen molar-refractivity contribution in [3.63, 3.8) is 0 Å². The van der Waals surface area contributed by atoms with Crippen LogP contribution >= 0.6 is 23.4 Å². The van der Waals surface area contributed by atoms with Crippen LogP contribution in [0.1, 0.15) is 25.3 Å². The van der Waals surface area contributed by atoms with Crippen molar-refractivity contribution in [2.75, 3.05) is 12.9 Å². The Morgan fingerprint density at radius 3 is 2.61 bits per heavy atom. The molecule has 2 unspecified atom stereocenters. The molecule has 0 N–H and O–H groups in total. The highest BCUT2D eigenvalue weighted by molar-refractivity contribution is 8.02. The van der Waals surface area contributed by atoms with Gasteiger partial charge in [-0.1, -0.05) is 23.7 Å². The van der Waals surface area contributed by atoms with Gasteiger partial charge in [0.15, 0.2) is 0 Å².